The SMILES string of the molecule is C=C1CN(CC(=O)NC2C3CC4CC2CC(C(N)=O)(C4)C3)S(O)(O)N(c2c(F)cc(Cl)cc2Br)C1. The van der Waals surface area contributed by atoms with E-state index in [1.807, 2.05) is 0 Å². The molecule has 12 heteroatoms. The lowest BCUT2D eigenvalue weighted by atomic mass is 9.47. The second-order valence-corrected chi connectivity index (χ2v) is 13.7. The largest absolute Gasteiger partial charge is 0.369 e. The Morgan fingerprint density at radius 3 is 2.51 bits per heavy atom. The number of rotatable bonds is 5. The van der Waals surface area contributed by atoms with Gasteiger partial charge in [0.05, 0.1) is 13.1 Å². The zero-order valence-corrected chi connectivity index (χ0v) is 22.2. The van der Waals surface area contributed by atoms with Gasteiger partial charge in [0.25, 0.3) is 0 Å². The predicted molar refractivity (Wildman–Crippen MR) is 137 cm³/mol. The number of nitrogens with one attached hydrogen (secondary N) is 1. The molecule has 4 saturated carbocycles. The summed E-state index contributed by atoms with van der Waals surface area (Å²) in [5, 5.41) is 3.27. The summed E-state index contributed by atoms with van der Waals surface area (Å²) in [5.74, 6) is -0.466. The second-order valence-electron chi connectivity index (χ2n) is 10.5. The first kappa shape index (κ1) is 25.3. The van der Waals surface area contributed by atoms with Crippen molar-refractivity contribution in [1.82, 2.24) is 9.62 Å². The quantitative estimate of drug-likeness (QED) is 0.379. The summed E-state index contributed by atoms with van der Waals surface area (Å²) in [6, 6.07) is 2.49. The molecule has 4 bridgehead atoms. The van der Waals surface area contributed by atoms with Gasteiger partial charge in [-0.1, -0.05) is 18.2 Å². The minimum atomic E-state index is -3.71. The number of carbonyl (C=O) groups is 2. The predicted octanol–water partition coefficient (Wildman–Crippen LogP) is 4.30. The zero-order valence-electron chi connectivity index (χ0n) is 19.1. The normalized spacial score (nSPS) is 34.7. The van der Waals surface area contributed by atoms with E-state index < -0.39 is 22.2 Å². The number of nitrogens with zero attached hydrogens (tertiary/aromatic N) is 2. The molecule has 0 radical (unpaired) electrons. The number of amides is 2. The number of benzene rings is 1. The summed E-state index contributed by atoms with van der Waals surface area (Å²) in [7, 11) is -3.71. The van der Waals surface area contributed by atoms with Crippen LogP contribution in [0.5, 0.6) is 0 Å². The Morgan fingerprint density at radius 1 is 1.26 bits per heavy atom. The first-order valence-electron chi connectivity index (χ1n) is 11.6. The fourth-order valence-corrected chi connectivity index (χ4v) is 9.70. The van der Waals surface area contributed by atoms with Crippen LogP contribution in [0, 0.1) is 29.0 Å². The maximum Gasteiger partial charge on any atom is 0.236 e. The van der Waals surface area contributed by atoms with Crippen LogP contribution in [0.25, 0.3) is 0 Å². The van der Waals surface area contributed by atoms with E-state index in [4.69, 9.17) is 17.3 Å². The van der Waals surface area contributed by atoms with Gasteiger partial charge in [-0.05, 0) is 94.5 Å². The second kappa shape index (κ2) is 8.88. The molecular formula is C23H29BrClFN4O4S. The Balaban J connectivity index is 1.32. The molecule has 192 valence electrons. The van der Waals surface area contributed by atoms with Crippen molar-refractivity contribution in [2.45, 2.75) is 38.1 Å². The number of carbonyl (C=O) groups excluding carboxylic acids is 2. The molecule has 1 saturated heterocycles. The number of nitrogens with two attached hydrogens (primary N) is 1. The van der Waals surface area contributed by atoms with Crippen LogP contribution in [0.3, 0.4) is 0 Å². The van der Waals surface area contributed by atoms with E-state index in [1.165, 1.54) is 10.4 Å². The molecule has 1 aliphatic heterocycles. The van der Waals surface area contributed by atoms with Gasteiger partial charge in [-0.25, -0.2) is 8.70 Å². The molecule has 2 amide bonds. The van der Waals surface area contributed by atoms with Crippen LogP contribution in [0.15, 0.2) is 28.8 Å². The van der Waals surface area contributed by atoms with Crippen LogP contribution in [0.4, 0.5) is 10.1 Å². The van der Waals surface area contributed by atoms with Crippen LogP contribution < -0.4 is 15.4 Å². The topological polar surface area (TPSA) is 119 Å². The van der Waals surface area contributed by atoms with Crippen LogP contribution >= 0.6 is 38.5 Å². The van der Waals surface area contributed by atoms with Crippen LogP contribution in [-0.2, 0) is 9.59 Å². The number of hydrogen-bond donors (Lipinski definition) is 4. The summed E-state index contributed by atoms with van der Waals surface area (Å²) >= 11 is 9.17. The van der Waals surface area contributed by atoms with E-state index in [9.17, 15) is 23.1 Å². The smallest absolute Gasteiger partial charge is 0.236 e. The van der Waals surface area contributed by atoms with Crippen molar-refractivity contribution in [3.8, 4) is 0 Å². The lowest BCUT2D eigenvalue weighted by molar-refractivity contribution is -0.147. The maximum absolute atomic E-state index is 14.8. The molecular weight excluding hydrogens is 563 g/mol. The number of hydrogen-bond acceptors (Lipinski definition) is 6. The molecule has 5 aliphatic rings. The summed E-state index contributed by atoms with van der Waals surface area (Å²) in [6.45, 7) is 3.77. The van der Waals surface area contributed by atoms with Gasteiger partial charge in [-0.3, -0.25) is 18.7 Å². The first-order chi connectivity index (χ1) is 16.4. The minimum Gasteiger partial charge on any atom is -0.369 e. The third-order valence-corrected chi connectivity index (χ3v) is 10.8. The highest BCUT2D eigenvalue weighted by Gasteiger charge is 2.58. The molecule has 1 heterocycles. The third kappa shape index (κ3) is 4.38. The molecule has 5 N–H and O–H groups in total. The zero-order chi connectivity index (χ0) is 25.3. The Hall–Kier alpha value is -1.37. The van der Waals surface area contributed by atoms with Crippen molar-refractivity contribution in [2.24, 2.45) is 28.9 Å². The van der Waals surface area contributed by atoms with E-state index in [2.05, 4.69) is 27.8 Å². The summed E-state index contributed by atoms with van der Waals surface area (Å²) in [6.07, 6.45) is 4.15. The summed E-state index contributed by atoms with van der Waals surface area (Å²) in [5.41, 5.74) is 5.85. The van der Waals surface area contributed by atoms with Gasteiger partial charge in [-0.15, -0.1) is 0 Å². The number of halogens is 3. The van der Waals surface area contributed by atoms with Crippen LogP contribution in [0.2, 0.25) is 5.02 Å². The van der Waals surface area contributed by atoms with Crippen molar-refractivity contribution in [1.29, 1.82) is 0 Å². The van der Waals surface area contributed by atoms with Gasteiger partial charge in [-0.2, -0.15) is 4.31 Å². The Morgan fingerprint density at radius 2 is 1.91 bits per heavy atom. The number of primary amides is 1. The fourth-order valence-electron chi connectivity index (χ4n) is 6.89. The van der Waals surface area contributed by atoms with Crippen molar-refractivity contribution in [3.05, 3.63) is 39.6 Å². The van der Waals surface area contributed by atoms with Crippen molar-refractivity contribution < 1.29 is 23.1 Å². The van der Waals surface area contributed by atoms with Crippen LogP contribution in [0.1, 0.15) is 32.1 Å². The molecule has 1 aromatic carbocycles. The maximum atomic E-state index is 14.8. The van der Waals surface area contributed by atoms with Gasteiger partial charge in [0.1, 0.15) is 5.69 Å². The fraction of sp³-hybridized carbons (Fsp3) is 0.565. The van der Waals surface area contributed by atoms with Crippen molar-refractivity contribution >= 4 is 56.0 Å². The van der Waals surface area contributed by atoms with E-state index in [-0.39, 0.29) is 64.5 Å². The average Bonchev–Trinajstić information content (AvgIpc) is 2.73. The molecule has 2 atom stereocenters. The lowest BCUT2D eigenvalue weighted by Gasteiger charge is -2.59. The standard InChI is InChI=1S/C23H29BrClFN4O4S/c1-12-9-29(35(33,34)30(10-12)21-17(24)4-16(25)5-18(21)26)11-19(31)28-20-14-2-13-3-15(20)8-23(6-13,7-14)22(27)32/h4-5,13-15,20,33-34H,1-3,6-11H2,(H2,27,32)(H,28,31). The minimum absolute atomic E-state index is 0.0148. The van der Waals surface area contributed by atoms with E-state index in [1.54, 1.807) is 0 Å². The highest BCUT2D eigenvalue weighted by atomic mass is 79.9. The molecule has 6 rings (SSSR count). The average molecular weight is 592 g/mol. The molecule has 2 unspecified atom stereocenters. The van der Waals surface area contributed by atoms with Gasteiger partial charge >= 0.3 is 0 Å². The van der Waals surface area contributed by atoms with E-state index in [0.29, 0.717) is 24.3 Å². The lowest BCUT2D eigenvalue weighted by Crippen LogP contribution is -2.62. The molecule has 0 spiro atoms. The Kier molecular flexibility index (Phi) is 6.42. The summed E-state index contributed by atoms with van der Waals surface area (Å²) < 4.78 is 39.7. The molecule has 5 fully saturated rings. The molecule has 4 aliphatic carbocycles. The third-order valence-electron chi connectivity index (χ3n) is 8.08. The number of anilines is 1. The Labute approximate surface area is 218 Å². The first-order valence-corrected chi connectivity index (χ1v) is 14.2. The van der Waals surface area contributed by atoms with Crippen molar-refractivity contribution in [3.63, 3.8) is 0 Å². The molecule has 35 heavy (non-hydrogen) atoms. The van der Waals surface area contributed by atoms with Gasteiger partial charge in [0.2, 0.25) is 11.8 Å². The van der Waals surface area contributed by atoms with Gasteiger partial charge < -0.3 is 11.1 Å². The highest BCUT2D eigenvalue weighted by Crippen LogP contribution is 2.60. The molecule has 0 aromatic heterocycles. The monoisotopic (exact) mass is 590 g/mol. The van der Waals surface area contributed by atoms with E-state index >= 15 is 0 Å². The summed E-state index contributed by atoms with van der Waals surface area (Å²) in [4.78, 5) is 25.3. The molecule has 1 aromatic rings. The van der Waals surface area contributed by atoms with Crippen LogP contribution in [-0.4, -0.2) is 50.9 Å². The highest BCUT2D eigenvalue weighted by molar-refractivity contribution is 9.10. The van der Waals surface area contributed by atoms with Gasteiger partial charge in [0, 0.05) is 27.5 Å². The molecule has 8 nitrogen and oxygen atoms in total. The Bertz CT molecular complexity index is 1070. The van der Waals surface area contributed by atoms with E-state index in [0.717, 1.165) is 29.6 Å². The van der Waals surface area contributed by atoms with Crippen molar-refractivity contribution in [2.75, 3.05) is 23.9 Å². The van der Waals surface area contributed by atoms with Gasteiger partial charge in [0.15, 0.2) is 5.82 Å².